The molecule has 1 unspecified atom stereocenters. The summed E-state index contributed by atoms with van der Waals surface area (Å²) in [5.41, 5.74) is 2.93. The molecule has 0 saturated carbocycles. The van der Waals surface area contributed by atoms with Gasteiger partial charge in [0.15, 0.2) is 0 Å². The number of fused-ring (bicyclic) bond motifs is 1. The zero-order valence-corrected chi connectivity index (χ0v) is 18.5. The average molecular weight is 442 g/mol. The minimum absolute atomic E-state index is 0.0294. The number of aryl methyl sites for hydroxylation is 2. The zero-order chi connectivity index (χ0) is 21.4. The van der Waals surface area contributed by atoms with Crippen LogP contribution in [0, 0.1) is 6.92 Å². The van der Waals surface area contributed by atoms with Gasteiger partial charge in [-0.3, -0.25) is 9.00 Å². The maximum absolute atomic E-state index is 12.9. The number of nitrogens with one attached hydrogen (secondary N) is 1. The number of aromatic nitrogens is 2. The lowest BCUT2D eigenvalue weighted by Gasteiger charge is -2.34. The molecule has 8 nitrogen and oxygen atoms in total. The summed E-state index contributed by atoms with van der Waals surface area (Å²) in [6.45, 7) is 4.93. The van der Waals surface area contributed by atoms with Gasteiger partial charge >= 0.3 is 0 Å². The van der Waals surface area contributed by atoms with Crippen molar-refractivity contribution in [3.8, 4) is 0 Å². The first-order valence-corrected chi connectivity index (χ1v) is 12.2. The van der Waals surface area contributed by atoms with Crippen molar-refractivity contribution in [2.24, 2.45) is 0 Å². The molecule has 2 saturated heterocycles. The topological polar surface area (TPSA) is 87.7 Å². The van der Waals surface area contributed by atoms with Gasteiger partial charge in [0.2, 0.25) is 11.9 Å². The van der Waals surface area contributed by atoms with Crippen molar-refractivity contribution in [1.82, 2.24) is 9.97 Å². The molecule has 1 aromatic heterocycles. The largest absolute Gasteiger partial charge is 0.381 e. The first-order valence-electron chi connectivity index (χ1n) is 10.8. The standard InChI is InChI=1S/C22H27N5O3S/c1-15-2-4-17(5-3-15)27-10-9-26(14-19(27)28)22-24-18-8-13-31(29)20(18)21(25-22)23-16-6-11-30-12-7-16/h2-5,16H,6-14H2,1H3,(H,23,24,25). The van der Waals surface area contributed by atoms with Crippen LogP contribution in [-0.2, 0) is 26.8 Å². The molecule has 2 fully saturated rings. The Morgan fingerprint density at radius 2 is 1.90 bits per heavy atom. The first kappa shape index (κ1) is 20.4. The van der Waals surface area contributed by atoms with E-state index in [1.165, 1.54) is 5.56 Å². The highest BCUT2D eigenvalue weighted by Gasteiger charge is 2.31. The Labute approximate surface area is 184 Å². The van der Waals surface area contributed by atoms with Crippen LogP contribution < -0.4 is 15.1 Å². The quantitative estimate of drug-likeness (QED) is 0.775. The fraction of sp³-hybridized carbons (Fsp3) is 0.500. The molecule has 31 heavy (non-hydrogen) atoms. The highest BCUT2D eigenvalue weighted by Crippen LogP contribution is 2.31. The number of carbonyl (C=O) groups excluding carboxylic acids is 1. The van der Waals surface area contributed by atoms with Crippen LogP contribution in [0.1, 0.15) is 24.1 Å². The summed E-state index contributed by atoms with van der Waals surface area (Å²) in [6, 6.07) is 8.26. The lowest BCUT2D eigenvalue weighted by Crippen LogP contribution is -2.51. The summed E-state index contributed by atoms with van der Waals surface area (Å²) in [4.78, 5) is 26.9. The van der Waals surface area contributed by atoms with Crippen LogP contribution in [0.3, 0.4) is 0 Å². The third kappa shape index (κ3) is 4.16. The van der Waals surface area contributed by atoms with Crippen molar-refractivity contribution in [1.29, 1.82) is 0 Å². The number of hydrogen-bond donors (Lipinski definition) is 1. The number of amides is 1. The van der Waals surface area contributed by atoms with Gasteiger partial charge in [-0.1, -0.05) is 17.7 Å². The number of rotatable bonds is 4. The maximum atomic E-state index is 12.9. The monoisotopic (exact) mass is 441 g/mol. The van der Waals surface area contributed by atoms with Crippen LogP contribution in [0.2, 0.25) is 0 Å². The van der Waals surface area contributed by atoms with E-state index in [0.29, 0.717) is 37.0 Å². The van der Waals surface area contributed by atoms with Gasteiger partial charge < -0.3 is 19.9 Å². The molecule has 2 aromatic rings. The Morgan fingerprint density at radius 3 is 2.65 bits per heavy atom. The summed E-state index contributed by atoms with van der Waals surface area (Å²) in [5.74, 6) is 1.82. The van der Waals surface area contributed by atoms with E-state index in [-0.39, 0.29) is 18.5 Å². The van der Waals surface area contributed by atoms with E-state index in [1.807, 2.05) is 41.0 Å². The van der Waals surface area contributed by atoms with Gasteiger partial charge in [-0.2, -0.15) is 4.98 Å². The van der Waals surface area contributed by atoms with Crippen molar-refractivity contribution in [2.45, 2.75) is 37.1 Å². The second-order valence-corrected chi connectivity index (χ2v) is 9.79. The second-order valence-electron chi connectivity index (χ2n) is 8.28. The molecule has 1 amide bonds. The third-order valence-corrected chi connectivity index (χ3v) is 7.55. The van der Waals surface area contributed by atoms with Gasteiger partial charge in [-0.25, -0.2) is 4.98 Å². The SMILES string of the molecule is Cc1ccc(N2CCN(c3nc4c(c(NC5CCOCC5)n3)S(=O)CC4)CC2=O)cc1. The molecule has 0 aliphatic carbocycles. The van der Waals surface area contributed by atoms with Gasteiger partial charge in [0.05, 0.1) is 16.5 Å². The van der Waals surface area contributed by atoms with Crippen LogP contribution >= 0.6 is 0 Å². The van der Waals surface area contributed by atoms with E-state index in [1.54, 1.807) is 0 Å². The normalized spacial score (nSPS) is 22.0. The van der Waals surface area contributed by atoms with E-state index in [2.05, 4.69) is 5.32 Å². The summed E-state index contributed by atoms with van der Waals surface area (Å²) < 4.78 is 18.0. The lowest BCUT2D eigenvalue weighted by atomic mass is 10.1. The van der Waals surface area contributed by atoms with Crippen LogP contribution in [0.5, 0.6) is 0 Å². The van der Waals surface area contributed by atoms with Crippen LogP contribution in [0.15, 0.2) is 29.2 Å². The first-order chi connectivity index (χ1) is 15.1. The maximum Gasteiger partial charge on any atom is 0.246 e. The van der Waals surface area contributed by atoms with Gasteiger partial charge in [-0.15, -0.1) is 0 Å². The summed E-state index contributed by atoms with van der Waals surface area (Å²) in [5, 5.41) is 3.50. The molecule has 3 aliphatic heterocycles. The number of carbonyl (C=O) groups is 1. The van der Waals surface area contributed by atoms with E-state index >= 15 is 0 Å². The van der Waals surface area contributed by atoms with Gasteiger partial charge in [-0.05, 0) is 31.9 Å². The lowest BCUT2D eigenvalue weighted by molar-refractivity contribution is -0.117. The Balaban J connectivity index is 1.38. The van der Waals surface area contributed by atoms with Crippen LogP contribution in [0.25, 0.3) is 0 Å². The average Bonchev–Trinajstić information content (AvgIpc) is 3.16. The molecule has 1 atom stereocenters. The minimum atomic E-state index is -1.08. The molecule has 1 aromatic carbocycles. The minimum Gasteiger partial charge on any atom is -0.381 e. The van der Waals surface area contributed by atoms with E-state index in [4.69, 9.17) is 14.7 Å². The second kappa shape index (κ2) is 8.55. The Morgan fingerprint density at radius 1 is 1.13 bits per heavy atom. The van der Waals surface area contributed by atoms with Crippen molar-refractivity contribution >= 4 is 34.2 Å². The van der Waals surface area contributed by atoms with Crippen LogP contribution in [-0.4, -0.2) is 64.7 Å². The van der Waals surface area contributed by atoms with Gasteiger partial charge in [0, 0.05) is 50.2 Å². The molecule has 0 spiro atoms. The molecule has 0 radical (unpaired) electrons. The van der Waals surface area contributed by atoms with E-state index in [9.17, 15) is 9.00 Å². The molecule has 9 heteroatoms. The van der Waals surface area contributed by atoms with E-state index in [0.717, 1.165) is 42.3 Å². The van der Waals surface area contributed by atoms with Crippen LogP contribution in [0.4, 0.5) is 17.5 Å². The number of nitrogens with zero attached hydrogens (tertiary/aromatic N) is 4. The predicted octanol–water partition coefficient (Wildman–Crippen LogP) is 1.89. The van der Waals surface area contributed by atoms with Crippen molar-refractivity contribution < 1.29 is 13.7 Å². The van der Waals surface area contributed by atoms with Gasteiger partial charge in [0.1, 0.15) is 17.3 Å². The predicted molar refractivity (Wildman–Crippen MR) is 120 cm³/mol. The molecule has 164 valence electrons. The number of hydrogen-bond acceptors (Lipinski definition) is 7. The molecule has 0 bridgehead atoms. The highest BCUT2D eigenvalue weighted by molar-refractivity contribution is 7.85. The number of anilines is 3. The Bertz CT molecular complexity index is 1010. The number of piperazine rings is 1. The fourth-order valence-corrected chi connectivity index (χ4v) is 5.61. The fourth-order valence-electron chi connectivity index (χ4n) is 4.30. The number of ether oxygens (including phenoxy) is 1. The zero-order valence-electron chi connectivity index (χ0n) is 17.7. The third-order valence-electron chi connectivity index (χ3n) is 6.09. The molecule has 3 aliphatic rings. The van der Waals surface area contributed by atoms with Crippen molar-refractivity contribution in [3.63, 3.8) is 0 Å². The number of benzene rings is 1. The summed E-state index contributed by atoms with van der Waals surface area (Å²) in [7, 11) is -1.08. The van der Waals surface area contributed by atoms with Crippen molar-refractivity contribution in [2.75, 3.05) is 53.7 Å². The summed E-state index contributed by atoms with van der Waals surface area (Å²) in [6.07, 6.45) is 2.47. The Hall–Kier alpha value is -2.52. The van der Waals surface area contributed by atoms with Gasteiger partial charge in [0.25, 0.3) is 0 Å². The Kier molecular flexibility index (Phi) is 5.62. The van der Waals surface area contributed by atoms with E-state index < -0.39 is 10.8 Å². The molecule has 5 rings (SSSR count). The highest BCUT2D eigenvalue weighted by atomic mass is 32.2. The molecular formula is C22H27N5O3S. The smallest absolute Gasteiger partial charge is 0.246 e. The molecule has 4 heterocycles. The summed E-state index contributed by atoms with van der Waals surface area (Å²) >= 11 is 0. The molecular weight excluding hydrogens is 414 g/mol. The molecule has 1 N–H and O–H groups in total. The van der Waals surface area contributed by atoms with Crippen molar-refractivity contribution in [3.05, 3.63) is 35.5 Å².